The predicted molar refractivity (Wildman–Crippen MR) is 85.8 cm³/mol. The maximum atomic E-state index is 14.2. The van der Waals surface area contributed by atoms with Gasteiger partial charge in [0.1, 0.15) is 23.1 Å². The summed E-state index contributed by atoms with van der Waals surface area (Å²) in [5.74, 6) is -0.292. The highest BCUT2D eigenvalue weighted by atomic mass is 19.1. The van der Waals surface area contributed by atoms with Crippen LogP contribution in [0.15, 0.2) is 42.5 Å². The van der Waals surface area contributed by atoms with Crippen LogP contribution in [0.2, 0.25) is 0 Å². The minimum atomic E-state index is -0.590. The van der Waals surface area contributed by atoms with E-state index in [-0.39, 0.29) is 0 Å². The van der Waals surface area contributed by atoms with Crippen molar-refractivity contribution in [1.82, 2.24) is 9.78 Å². The van der Waals surface area contributed by atoms with Gasteiger partial charge in [0.05, 0.1) is 5.69 Å². The van der Waals surface area contributed by atoms with Crippen molar-refractivity contribution >= 4 is 5.82 Å². The van der Waals surface area contributed by atoms with E-state index in [1.165, 1.54) is 12.1 Å². The number of fused-ring (bicyclic) bond motifs is 1. The van der Waals surface area contributed by atoms with Crippen LogP contribution in [0.5, 0.6) is 0 Å². The first-order chi connectivity index (χ1) is 11.1. The third kappa shape index (κ3) is 2.29. The average Bonchev–Trinajstić information content (AvgIpc) is 3.11. The third-order valence-electron chi connectivity index (χ3n) is 4.12. The lowest BCUT2D eigenvalue weighted by atomic mass is 10.1. The highest BCUT2D eigenvalue weighted by molar-refractivity contribution is 5.73. The second-order valence-electron chi connectivity index (χ2n) is 5.72. The van der Waals surface area contributed by atoms with Crippen LogP contribution < -0.4 is 5.32 Å². The van der Waals surface area contributed by atoms with E-state index >= 15 is 0 Å². The van der Waals surface area contributed by atoms with Crippen molar-refractivity contribution in [3.8, 4) is 16.9 Å². The van der Waals surface area contributed by atoms with Crippen molar-refractivity contribution in [2.75, 3.05) is 11.9 Å². The quantitative estimate of drug-likeness (QED) is 0.772. The molecule has 0 amide bonds. The molecule has 0 radical (unpaired) electrons. The van der Waals surface area contributed by atoms with Gasteiger partial charge >= 0.3 is 0 Å². The Morgan fingerprint density at radius 1 is 1.09 bits per heavy atom. The minimum absolute atomic E-state index is 0.331. The fourth-order valence-electron chi connectivity index (χ4n) is 2.95. The van der Waals surface area contributed by atoms with Gasteiger partial charge in [0.2, 0.25) is 0 Å². The summed E-state index contributed by atoms with van der Waals surface area (Å²) in [4.78, 5) is 0. The Labute approximate surface area is 132 Å². The van der Waals surface area contributed by atoms with Gasteiger partial charge in [-0.15, -0.1) is 0 Å². The number of rotatable bonds is 2. The Balaban J connectivity index is 1.89. The number of hydrogen-bond acceptors (Lipinski definition) is 2. The van der Waals surface area contributed by atoms with Crippen molar-refractivity contribution in [3.05, 3.63) is 65.2 Å². The first-order valence-corrected chi connectivity index (χ1v) is 7.52. The van der Waals surface area contributed by atoms with Crippen LogP contribution in [-0.4, -0.2) is 16.3 Å². The van der Waals surface area contributed by atoms with Crippen LogP contribution in [0, 0.1) is 18.6 Å². The Morgan fingerprint density at radius 3 is 2.61 bits per heavy atom. The van der Waals surface area contributed by atoms with Gasteiger partial charge < -0.3 is 5.32 Å². The zero-order valence-electron chi connectivity index (χ0n) is 12.6. The summed E-state index contributed by atoms with van der Waals surface area (Å²) in [6.07, 6.45) is 0.771. The van der Waals surface area contributed by atoms with Gasteiger partial charge in [0.15, 0.2) is 0 Å². The minimum Gasteiger partial charge on any atom is -0.369 e. The van der Waals surface area contributed by atoms with E-state index in [0.29, 0.717) is 11.3 Å². The van der Waals surface area contributed by atoms with Crippen molar-refractivity contribution in [3.63, 3.8) is 0 Å². The molecule has 0 saturated carbocycles. The molecule has 3 aromatic rings. The van der Waals surface area contributed by atoms with Crippen molar-refractivity contribution in [2.45, 2.75) is 13.3 Å². The fourth-order valence-corrected chi connectivity index (χ4v) is 2.95. The smallest absolute Gasteiger partial charge is 0.135 e. The zero-order valence-corrected chi connectivity index (χ0v) is 12.6. The molecule has 116 valence electrons. The lowest BCUT2D eigenvalue weighted by Gasteiger charge is -2.06. The normalized spacial score (nSPS) is 13.0. The summed E-state index contributed by atoms with van der Waals surface area (Å²) >= 11 is 0. The third-order valence-corrected chi connectivity index (χ3v) is 4.12. The van der Waals surface area contributed by atoms with Gasteiger partial charge in [-0.05, 0) is 37.6 Å². The van der Waals surface area contributed by atoms with Crippen LogP contribution in [0.25, 0.3) is 16.9 Å². The number of aromatic nitrogens is 2. The monoisotopic (exact) mass is 311 g/mol. The summed E-state index contributed by atoms with van der Waals surface area (Å²) in [7, 11) is 0. The summed E-state index contributed by atoms with van der Waals surface area (Å²) in [6.45, 7) is 2.81. The molecule has 0 atom stereocenters. The molecule has 0 spiro atoms. The zero-order chi connectivity index (χ0) is 16.0. The Hall–Kier alpha value is -2.69. The first kappa shape index (κ1) is 13.9. The van der Waals surface area contributed by atoms with Gasteiger partial charge in [-0.25, -0.2) is 13.5 Å². The Kier molecular flexibility index (Phi) is 3.15. The summed E-state index contributed by atoms with van der Waals surface area (Å²) < 4.78 is 29.1. The first-order valence-electron chi connectivity index (χ1n) is 7.52. The molecule has 3 nitrogen and oxygen atoms in total. The summed E-state index contributed by atoms with van der Waals surface area (Å²) in [6, 6.07) is 11.6. The van der Waals surface area contributed by atoms with E-state index < -0.39 is 11.6 Å². The molecule has 0 aliphatic carbocycles. The van der Waals surface area contributed by atoms with Crippen LogP contribution in [0.4, 0.5) is 14.6 Å². The topological polar surface area (TPSA) is 29.9 Å². The number of halogens is 2. The van der Waals surface area contributed by atoms with E-state index in [4.69, 9.17) is 0 Å². The Morgan fingerprint density at radius 2 is 1.87 bits per heavy atom. The van der Waals surface area contributed by atoms with Crippen LogP contribution in [-0.2, 0) is 6.42 Å². The number of benzene rings is 2. The molecule has 1 aliphatic rings. The molecule has 0 fully saturated rings. The fraction of sp³-hybridized carbons (Fsp3) is 0.167. The molecule has 23 heavy (non-hydrogen) atoms. The van der Waals surface area contributed by atoms with Crippen LogP contribution in [0.1, 0.15) is 11.1 Å². The molecule has 1 aromatic heterocycles. The molecule has 1 aliphatic heterocycles. The number of nitrogens with zero attached hydrogens (tertiary/aromatic N) is 2. The highest BCUT2D eigenvalue weighted by Gasteiger charge is 2.25. The average molecular weight is 311 g/mol. The van der Waals surface area contributed by atoms with Gasteiger partial charge in [-0.3, -0.25) is 0 Å². The van der Waals surface area contributed by atoms with E-state index in [0.717, 1.165) is 41.7 Å². The molecule has 5 heteroatoms. The summed E-state index contributed by atoms with van der Waals surface area (Å²) in [5.41, 5.74) is 3.95. The highest BCUT2D eigenvalue weighted by Crippen LogP contribution is 2.35. The SMILES string of the molecule is Cc1ccc(-n2nc(-c3ccc(F)cc3F)c3c2NCC3)cc1. The molecule has 0 saturated heterocycles. The largest absolute Gasteiger partial charge is 0.369 e. The number of nitrogens with one attached hydrogen (secondary N) is 1. The molecule has 0 bridgehead atoms. The van der Waals surface area contributed by atoms with Crippen LogP contribution in [0.3, 0.4) is 0 Å². The van der Waals surface area contributed by atoms with E-state index in [1.54, 1.807) is 4.68 Å². The lowest BCUT2D eigenvalue weighted by Crippen LogP contribution is -2.04. The summed E-state index contributed by atoms with van der Waals surface area (Å²) in [5, 5.41) is 7.89. The van der Waals surface area contributed by atoms with Crippen LogP contribution >= 0.6 is 0 Å². The molecule has 0 unspecified atom stereocenters. The number of hydrogen-bond donors (Lipinski definition) is 1. The maximum Gasteiger partial charge on any atom is 0.135 e. The molecule has 2 aromatic carbocycles. The number of aryl methyl sites for hydroxylation is 1. The molecule has 1 N–H and O–H groups in total. The van der Waals surface area contributed by atoms with Crippen molar-refractivity contribution in [2.24, 2.45) is 0 Å². The second-order valence-corrected chi connectivity index (χ2v) is 5.72. The predicted octanol–water partition coefficient (Wildman–Crippen LogP) is 4.09. The molecule has 2 heterocycles. The van der Waals surface area contributed by atoms with E-state index in [2.05, 4.69) is 10.4 Å². The molecular weight excluding hydrogens is 296 g/mol. The number of anilines is 1. The maximum absolute atomic E-state index is 14.2. The van der Waals surface area contributed by atoms with Gasteiger partial charge in [-0.2, -0.15) is 5.10 Å². The van der Waals surface area contributed by atoms with Gasteiger partial charge in [0, 0.05) is 23.7 Å². The van der Waals surface area contributed by atoms with Crippen molar-refractivity contribution in [1.29, 1.82) is 0 Å². The van der Waals surface area contributed by atoms with Gasteiger partial charge in [-0.1, -0.05) is 17.7 Å². The second kappa shape index (κ2) is 5.19. The molecule has 4 rings (SSSR count). The standard InChI is InChI=1S/C18H15F2N3/c1-11-2-5-13(6-3-11)23-18-15(8-9-21-18)17(22-23)14-7-4-12(19)10-16(14)20/h2-7,10,21H,8-9H2,1H3. The lowest BCUT2D eigenvalue weighted by molar-refractivity contribution is 0.585. The molecular formula is C18H15F2N3. The van der Waals surface area contributed by atoms with Crippen molar-refractivity contribution < 1.29 is 8.78 Å². The Bertz CT molecular complexity index is 882. The van der Waals surface area contributed by atoms with Gasteiger partial charge in [0.25, 0.3) is 0 Å². The van der Waals surface area contributed by atoms with E-state index in [9.17, 15) is 8.78 Å². The van der Waals surface area contributed by atoms with E-state index in [1.807, 2.05) is 31.2 Å².